The molecule has 1 unspecified atom stereocenters. The molecule has 0 aliphatic carbocycles. The molecule has 0 saturated heterocycles. The van der Waals surface area contributed by atoms with Crippen LogP contribution in [0.1, 0.15) is 46.0 Å². The van der Waals surface area contributed by atoms with E-state index in [9.17, 15) is 4.79 Å². The fourth-order valence-electron chi connectivity index (χ4n) is 1.77. The number of carbonyl (C=O) groups excluding carboxylic acids is 1. The average molecular weight is 249 g/mol. The molecular weight excluding hydrogens is 226 g/mol. The molecule has 0 aromatic heterocycles. The lowest BCUT2D eigenvalue weighted by Gasteiger charge is -2.13. The first-order valence-corrected chi connectivity index (χ1v) is 6.75. The minimum atomic E-state index is -0.371. The molecule has 0 spiro atoms. The molecule has 1 aromatic carbocycles. The van der Waals surface area contributed by atoms with Crippen molar-refractivity contribution >= 4 is 11.8 Å². The van der Waals surface area contributed by atoms with Gasteiger partial charge in [0, 0.05) is 5.69 Å². The lowest BCUT2D eigenvalue weighted by molar-refractivity contribution is 0.114. The zero-order valence-corrected chi connectivity index (χ0v) is 11.3. The second-order valence-corrected chi connectivity index (χ2v) is 4.56. The van der Waals surface area contributed by atoms with Gasteiger partial charge in [-0.3, -0.25) is 5.32 Å². The number of nitrogens with one attached hydrogen (secondary N) is 1. The van der Waals surface area contributed by atoms with E-state index in [1.165, 1.54) is 19.3 Å². The molecule has 0 fully saturated rings. The third-order valence-electron chi connectivity index (χ3n) is 2.79. The summed E-state index contributed by atoms with van der Waals surface area (Å²) in [7, 11) is 0. The van der Waals surface area contributed by atoms with Crippen molar-refractivity contribution in [3.8, 4) is 0 Å². The first-order valence-electron chi connectivity index (χ1n) is 6.75. The molecule has 0 bridgehead atoms. The van der Waals surface area contributed by atoms with Crippen LogP contribution in [-0.2, 0) is 4.74 Å². The Kier molecular flexibility index (Phi) is 6.92. The smallest absolute Gasteiger partial charge is 0.411 e. The van der Waals surface area contributed by atoms with E-state index < -0.39 is 0 Å². The Morgan fingerprint density at radius 2 is 1.94 bits per heavy atom. The Balaban J connectivity index is 2.19. The van der Waals surface area contributed by atoms with Crippen LogP contribution in [0, 0.1) is 0 Å². The maximum absolute atomic E-state index is 11.6. The Morgan fingerprint density at radius 3 is 2.61 bits per heavy atom. The minimum Gasteiger partial charge on any atom is -0.446 e. The molecule has 1 rings (SSSR count). The first-order chi connectivity index (χ1) is 8.72. The summed E-state index contributed by atoms with van der Waals surface area (Å²) < 4.78 is 5.28. The maximum atomic E-state index is 11.6. The standard InChI is InChI=1S/C15H23NO2/c1-3-4-5-7-10-13(2)18-15(17)16-14-11-8-6-9-12-14/h6,8-9,11-13H,3-5,7,10H2,1-2H3,(H,16,17). The van der Waals surface area contributed by atoms with E-state index >= 15 is 0 Å². The molecule has 1 aromatic rings. The topological polar surface area (TPSA) is 38.3 Å². The van der Waals surface area contributed by atoms with E-state index in [0.29, 0.717) is 0 Å². The Bertz CT molecular complexity index is 338. The van der Waals surface area contributed by atoms with Gasteiger partial charge in [-0.05, 0) is 31.9 Å². The van der Waals surface area contributed by atoms with Gasteiger partial charge in [0.2, 0.25) is 0 Å². The summed E-state index contributed by atoms with van der Waals surface area (Å²) in [6, 6.07) is 9.35. The van der Waals surface area contributed by atoms with Gasteiger partial charge in [-0.1, -0.05) is 44.4 Å². The highest BCUT2D eigenvalue weighted by Gasteiger charge is 2.08. The summed E-state index contributed by atoms with van der Waals surface area (Å²) in [6.45, 7) is 4.13. The quantitative estimate of drug-likeness (QED) is 0.717. The number of rotatable bonds is 7. The van der Waals surface area contributed by atoms with E-state index in [1.54, 1.807) is 0 Å². The van der Waals surface area contributed by atoms with E-state index in [4.69, 9.17) is 4.74 Å². The fourth-order valence-corrected chi connectivity index (χ4v) is 1.77. The number of unbranched alkanes of at least 4 members (excludes halogenated alkanes) is 3. The molecule has 1 N–H and O–H groups in total. The molecular formula is C15H23NO2. The Morgan fingerprint density at radius 1 is 1.22 bits per heavy atom. The van der Waals surface area contributed by atoms with Crippen LogP contribution in [0.3, 0.4) is 0 Å². The van der Waals surface area contributed by atoms with Crippen LogP contribution in [0.2, 0.25) is 0 Å². The normalized spacial score (nSPS) is 11.9. The summed E-state index contributed by atoms with van der Waals surface area (Å²) in [6.07, 6.45) is 5.35. The summed E-state index contributed by atoms with van der Waals surface area (Å²) in [5.41, 5.74) is 0.765. The summed E-state index contributed by atoms with van der Waals surface area (Å²) in [4.78, 5) is 11.6. The molecule has 18 heavy (non-hydrogen) atoms. The second-order valence-electron chi connectivity index (χ2n) is 4.56. The molecule has 3 nitrogen and oxygen atoms in total. The van der Waals surface area contributed by atoms with Gasteiger partial charge in [0.05, 0.1) is 0 Å². The highest BCUT2D eigenvalue weighted by molar-refractivity contribution is 5.84. The van der Waals surface area contributed by atoms with Crippen molar-refractivity contribution in [2.45, 2.75) is 52.1 Å². The molecule has 1 amide bonds. The number of anilines is 1. The van der Waals surface area contributed by atoms with E-state index in [2.05, 4.69) is 12.2 Å². The highest BCUT2D eigenvalue weighted by Crippen LogP contribution is 2.10. The molecule has 3 heteroatoms. The van der Waals surface area contributed by atoms with E-state index in [-0.39, 0.29) is 12.2 Å². The number of ether oxygens (including phenoxy) is 1. The lowest BCUT2D eigenvalue weighted by atomic mass is 10.1. The molecule has 0 saturated carbocycles. The van der Waals surface area contributed by atoms with Crippen molar-refractivity contribution in [3.05, 3.63) is 30.3 Å². The third-order valence-corrected chi connectivity index (χ3v) is 2.79. The predicted molar refractivity (Wildman–Crippen MR) is 74.8 cm³/mol. The van der Waals surface area contributed by atoms with Crippen molar-refractivity contribution in [2.75, 3.05) is 5.32 Å². The van der Waals surface area contributed by atoms with Crippen molar-refractivity contribution < 1.29 is 9.53 Å². The number of para-hydroxylation sites is 1. The summed E-state index contributed by atoms with van der Waals surface area (Å²) in [5, 5.41) is 2.71. The molecule has 0 aliphatic heterocycles. The van der Waals surface area contributed by atoms with Crippen molar-refractivity contribution in [1.82, 2.24) is 0 Å². The molecule has 0 heterocycles. The van der Waals surface area contributed by atoms with Crippen molar-refractivity contribution in [1.29, 1.82) is 0 Å². The Labute approximate surface area is 110 Å². The average Bonchev–Trinajstić information content (AvgIpc) is 2.35. The highest BCUT2D eigenvalue weighted by atomic mass is 16.6. The van der Waals surface area contributed by atoms with Crippen molar-refractivity contribution in [3.63, 3.8) is 0 Å². The molecule has 0 aliphatic rings. The molecule has 100 valence electrons. The van der Waals surface area contributed by atoms with Crippen LogP contribution < -0.4 is 5.32 Å². The van der Waals surface area contributed by atoms with Gasteiger partial charge in [0.25, 0.3) is 0 Å². The second kappa shape index (κ2) is 8.56. The van der Waals surface area contributed by atoms with Gasteiger partial charge >= 0.3 is 6.09 Å². The number of carbonyl (C=O) groups is 1. The third kappa shape index (κ3) is 6.28. The number of benzene rings is 1. The largest absolute Gasteiger partial charge is 0.446 e. The van der Waals surface area contributed by atoms with Crippen LogP contribution in [0.15, 0.2) is 30.3 Å². The zero-order valence-electron chi connectivity index (χ0n) is 11.3. The van der Waals surface area contributed by atoms with Gasteiger partial charge in [-0.2, -0.15) is 0 Å². The first kappa shape index (κ1) is 14.6. The van der Waals surface area contributed by atoms with Gasteiger partial charge in [0.1, 0.15) is 6.10 Å². The van der Waals surface area contributed by atoms with Crippen LogP contribution in [0.25, 0.3) is 0 Å². The zero-order chi connectivity index (χ0) is 13.2. The lowest BCUT2D eigenvalue weighted by Crippen LogP contribution is -2.20. The van der Waals surface area contributed by atoms with Gasteiger partial charge in [-0.15, -0.1) is 0 Å². The predicted octanol–water partition coefficient (Wildman–Crippen LogP) is 4.59. The maximum Gasteiger partial charge on any atom is 0.411 e. The van der Waals surface area contributed by atoms with Gasteiger partial charge in [-0.25, -0.2) is 4.79 Å². The molecule has 1 atom stereocenters. The monoisotopic (exact) mass is 249 g/mol. The fraction of sp³-hybridized carbons (Fsp3) is 0.533. The van der Waals surface area contributed by atoms with Crippen molar-refractivity contribution in [2.24, 2.45) is 0 Å². The molecule has 0 radical (unpaired) electrons. The summed E-state index contributed by atoms with van der Waals surface area (Å²) in [5.74, 6) is 0. The van der Waals surface area contributed by atoms with Crippen LogP contribution in [0.4, 0.5) is 10.5 Å². The SMILES string of the molecule is CCCCCCC(C)OC(=O)Nc1ccccc1. The number of amides is 1. The summed E-state index contributed by atoms with van der Waals surface area (Å²) >= 11 is 0. The van der Waals surface area contributed by atoms with E-state index in [0.717, 1.165) is 18.5 Å². The van der Waals surface area contributed by atoms with Crippen LogP contribution >= 0.6 is 0 Å². The number of hydrogen-bond donors (Lipinski definition) is 1. The van der Waals surface area contributed by atoms with E-state index in [1.807, 2.05) is 37.3 Å². The van der Waals surface area contributed by atoms with Crippen LogP contribution in [0.5, 0.6) is 0 Å². The van der Waals surface area contributed by atoms with Gasteiger partial charge < -0.3 is 4.74 Å². The Hall–Kier alpha value is -1.51. The minimum absolute atomic E-state index is 0.0226. The van der Waals surface area contributed by atoms with Gasteiger partial charge in [0.15, 0.2) is 0 Å². The van der Waals surface area contributed by atoms with Crippen LogP contribution in [-0.4, -0.2) is 12.2 Å². The number of hydrogen-bond acceptors (Lipinski definition) is 2.